The zero-order valence-electron chi connectivity index (χ0n) is 13.1. The molecular formula is C20H14INO3. The van der Waals surface area contributed by atoms with Gasteiger partial charge in [0.15, 0.2) is 0 Å². The van der Waals surface area contributed by atoms with Gasteiger partial charge >= 0.3 is 0 Å². The van der Waals surface area contributed by atoms with Gasteiger partial charge in [0, 0.05) is 5.56 Å². The highest BCUT2D eigenvalue weighted by Gasteiger charge is 2.52. The quantitative estimate of drug-likeness (QED) is 0.463. The van der Waals surface area contributed by atoms with Crippen LogP contribution in [-0.4, -0.2) is 16.1 Å². The molecular weight excluding hydrogens is 429 g/mol. The lowest BCUT2D eigenvalue weighted by atomic mass is 9.70. The molecule has 1 aliphatic heterocycles. The van der Waals surface area contributed by atoms with Crippen molar-refractivity contribution in [1.82, 2.24) is 0 Å². The molecule has 5 heteroatoms. The van der Waals surface area contributed by atoms with Crippen LogP contribution in [-0.2, 0) is 10.2 Å². The Bertz CT molecular complexity index is 906. The summed E-state index contributed by atoms with van der Waals surface area (Å²) in [5.41, 5.74) is 2.25. The van der Waals surface area contributed by atoms with Gasteiger partial charge < -0.3 is 10.2 Å². The van der Waals surface area contributed by atoms with Crippen molar-refractivity contribution in [2.75, 3.05) is 3.11 Å². The number of benzene rings is 3. The maximum Gasteiger partial charge on any atom is 0.255 e. The molecule has 1 amide bonds. The van der Waals surface area contributed by atoms with Crippen molar-refractivity contribution >= 4 is 34.5 Å². The zero-order valence-corrected chi connectivity index (χ0v) is 15.2. The molecule has 0 radical (unpaired) electrons. The molecule has 0 saturated carbocycles. The number of hydrogen-bond acceptors (Lipinski definition) is 3. The van der Waals surface area contributed by atoms with Crippen LogP contribution in [0, 0.1) is 0 Å². The number of amides is 1. The molecule has 0 aromatic heterocycles. The molecule has 0 spiro atoms. The first kappa shape index (κ1) is 16.0. The summed E-state index contributed by atoms with van der Waals surface area (Å²) in [7, 11) is 0. The minimum atomic E-state index is -1.01. The minimum absolute atomic E-state index is 0.0781. The molecule has 0 saturated heterocycles. The normalized spacial score (nSPS) is 15.2. The van der Waals surface area contributed by atoms with E-state index in [9.17, 15) is 15.0 Å². The van der Waals surface area contributed by atoms with Crippen LogP contribution < -0.4 is 3.11 Å². The number of para-hydroxylation sites is 1. The van der Waals surface area contributed by atoms with Gasteiger partial charge in [-0.25, -0.2) is 0 Å². The van der Waals surface area contributed by atoms with E-state index >= 15 is 0 Å². The van der Waals surface area contributed by atoms with Crippen LogP contribution >= 0.6 is 22.9 Å². The molecule has 0 fully saturated rings. The Morgan fingerprint density at radius 2 is 1.24 bits per heavy atom. The molecule has 3 aromatic carbocycles. The number of phenolic OH excluding ortho intramolecular Hbond substituents is 2. The molecule has 25 heavy (non-hydrogen) atoms. The van der Waals surface area contributed by atoms with Crippen LogP contribution in [0.25, 0.3) is 0 Å². The lowest BCUT2D eigenvalue weighted by Gasteiger charge is -2.29. The first-order valence-corrected chi connectivity index (χ1v) is 8.70. The first-order valence-electron chi connectivity index (χ1n) is 7.74. The van der Waals surface area contributed by atoms with E-state index in [-0.39, 0.29) is 17.4 Å². The largest absolute Gasteiger partial charge is 0.508 e. The van der Waals surface area contributed by atoms with Crippen LogP contribution in [0.1, 0.15) is 16.7 Å². The molecule has 124 valence electrons. The molecule has 0 unspecified atom stereocenters. The van der Waals surface area contributed by atoms with Crippen molar-refractivity contribution in [3.05, 3.63) is 89.5 Å². The number of anilines is 1. The fraction of sp³-hybridized carbons (Fsp3) is 0.0500. The molecule has 0 bridgehead atoms. The van der Waals surface area contributed by atoms with Crippen LogP contribution in [0.4, 0.5) is 5.69 Å². The predicted molar refractivity (Wildman–Crippen MR) is 104 cm³/mol. The molecule has 1 heterocycles. The number of rotatable bonds is 2. The highest BCUT2D eigenvalue weighted by Crippen LogP contribution is 2.51. The van der Waals surface area contributed by atoms with Crippen molar-refractivity contribution in [3.63, 3.8) is 0 Å². The highest BCUT2D eigenvalue weighted by atomic mass is 127. The van der Waals surface area contributed by atoms with E-state index in [1.165, 1.54) is 0 Å². The number of carbonyl (C=O) groups excluding carboxylic acids is 1. The number of nitrogens with zero attached hydrogens (tertiary/aromatic N) is 1. The summed E-state index contributed by atoms with van der Waals surface area (Å²) in [6.45, 7) is 0. The van der Waals surface area contributed by atoms with E-state index in [4.69, 9.17) is 0 Å². The third-order valence-corrected chi connectivity index (χ3v) is 5.58. The SMILES string of the molecule is O=C1N(I)c2ccccc2C1(c1ccc(O)cc1)c1ccc(O)cc1. The van der Waals surface area contributed by atoms with Gasteiger partial charge in [-0.05, 0) is 41.5 Å². The lowest BCUT2D eigenvalue weighted by Crippen LogP contribution is -2.38. The van der Waals surface area contributed by atoms with Crippen molar-refractivity contribution in [2.24, 2.45) is 0 Å². The molecule has 1 aliphatic rings. The van der Waals surface area contributed by atoms with Gasteiger partial charge in [-0.2, -0.15) is 0 Å². The van der Waals surface area contributed by atoms with Crippen molar-refractivity contribution in [1.29, 1.82) is 0 Å². The highest BCUT2D eigenvalue weighted by molar-refractivity contribution is 14.1. The summed E-state index contributed by atoms with van der Waals surface area (Å²) >= 11 is 2.03. The summed E-state index contributed by atoms with van der Waals surface area (Å²) in [6.07, 6.45) is 0. The first-order chi connectivity index (χ1) is 12.0. The van der Waals surface area contributed by atoms with E-state index < -0.39 is 5.41 Å². The molecule has 0 aliphatic carbocycles. The Labute approximate surface area is 158 Å². The van der Waals surface area contributed by atoms with Crippen molar-refractivity contribution in [3.8, 4) is 11.5 Å². The van der Waals surface area contributed by atoms with Gasteiger partial charge in [-0.3, -0.25) is 7.91 Å². The molecule has 4 nitrogen and oxygen atoms in total. The van der Waals surface area contributed by atoms with Gasteiger partial charge in [-0.15, -0.1) is 0 Å². The molecule has 3 aromatic rings. The van der Waals surface area contributed by atoms with Gasteiger partial charge in [0.25, 0.3) is 5.91 Å². The number of aromatic hydroxyl groups is 2. The number of phenols is 2. The third kappa shape index (κ3) is 2.22. The third-order valence-electron chi connectivity index (χ3n) is 4.62. The average molecular weight is 443 g/mol. The van der Waals surface area contributed by atoms with E-state index in [1.807, 2.05) is 47.1 Å². The maximum atomic E-state index is 13.4. The van der Waals surface area contributed by atoms with Gasteiger partial charge in [-0.1, -0.05) is 42.5 Å². The van der Waals surface area contributed by atoms with E-state index in [0.29, 0.717) is 0 Å². The average Bonchev–Trinajstić information content (AvgIpc) is 2.86. The monoisotopic (exact) mass is 443 g/mol. The minimum Gasteiger partial charge on any atom is -0.508 e. The maximum absolute atomic E-state index is 13.4. The zero-order chi connectivity index (χ0) is 17.6. The van der Waals surface area contributed by atoms with Crippen LogP contribution in [0.5, 0.6) is 11.5 Å². The van der Waals surface area contributed by atoms with Crippen LogP contribution in [0.15, 0.2) is 72.8 Å². The van der Waals surface area contributed by atoms with Gasteiger partial charge in [0.05, 0.1) is 28.6 Å². The number of hydrogen-bond donors (Lipinski definition) is 2. The number of carbonyl (C=O) groups is 1. The second kappa shape index (κ2) is 5.77. The van der Waals surface area contributed by atoms with Gasteiger partial charge in [0.2, 0.25) is 0 Å². The number of halogens is 1. The van der Waals surface area contributed by atoms with Gasteiger partial charge in [0.1, 0.15) is 16.9 Å². The smallest absolute Gasteiger partial charge is 0.255 e. The van der Waals surface area contributed by atoms with Crippen LogP contribution in [0.3, 0.4) is 0 Å². The Morgan fingerprint density at radius 3 is 1.76 bits per heavy atom. The summed E-state index contributed by atoms with van der Waals surface area (Å²) in [5.74, 6) is 0.218. The topological polar surface area (TPSA) is 60.8 Å². The molecule has 2 N–H and O–H groups in total. The van der Waals surface area contributed by atoms with E-state index in [1.54, 1.807) is 51.6 Å². The fourth-order valence-electron chi connectivity index (χ4n) is 3.48. The molecule has 0 atom stereocenters. The standard InChI is InChI=1S/C20H14INO3/c21-22-18-4-2-1-3-17(18)20(19(22)25,13-5-9-15(23)10-6-13)14-7-11-16(24)12-8-14/h1-12,23-24H. The lowest BCUT2D eigenvalue weighted by molar-refractivity contribution is -0.119. The van der Waals surface area contributed by atoms with Crippen molar-refractivity contribution in [2.45, 2.75) is 5.41 Å². The Balaban J connectivity index is 2.08. The summed E-state index contributed by atoms with van der Waals surface area (Å²) < 4.78 is 1.63. The predicted octanol–water partition coefficient (Wildman–Crippen LogP) is 4.13. The molecule has 4 rings (SSSR count). The number of fused-ring (bicyclic) bond motifs is 1. The van der Waals surface area contributed by atoms with Crippen molar-refractivity contribution < 1.29 is 15.0 Å². The fourth-order valence-corrected chi connectivity index (χ4v) is 4.26. The van der Waals surface area contributed by atoms with E-state index in [2.05, 4.69) is 0 Å². The van der Waals surface area contributed by atoms with Crippen LogP contribution in [0.2, 0.25) is 0 Å². The summed E-state index contributed by atoms with van der Waals surface area (Å²) in [6, 6.07) is 21.1. The summed E-state index contributed by atoms with van der Waals surface area (Å²) in [4.78, 5) is 13.4. The Morgan fingerprint density at radius 1 is 0.760 bits per heavy atom. The second-order valence-electron chi connectivity index (χ2n) is 5.95. The Hall–Kier alpha value is -2.54. The Kier molecular flexibility index (Phi) is 3.68. The van der Waals surface area contributed by atoms with E-state index in [0.717, 1.165) is 22.4 Å². The summed E-state index contributed by atoms with van der Waals surface area (Å²) in [5, 5.41) is 19.3. The second-order valence-corrected chi connectivity index (χ2v) is 6.91.